The lowest BCUT2D eigenvalue weighted by molar-refractivity contribution is -0.192. The van der Waals surface area contributed by atoms with Crippen LogP contribution in [-0.4, -0.2) is 67.9 Å². The highest BCUT2D eigenvalue weighted by Gasteiger charge is 2.51. The van der Waals surface area contributed by atoms with Gasteiger partial charge in [-0.3, -0.25) is 9.78 Å². The molecule has 8 nitrogen and oxygen atoms in total. The number of aliphatic carboxylic acids is 1. The summed E-state index contributed by atoms with van der Waals surface area (Å²) in [4.78, 5) is 27.7. The van der Waals surface area contributed by atoms with Crippen LogP contribution in [0.15, 0.2) is 35.1 Å². The minimum atomic E-state index is -5.08. The standard InChI is InChI=1S/C18H21N3O3S.C2HF3O2/c1-2-16-15(8-20-24-16)17(22)21-11-18(12-21)7-14(10-25-18)23-9-13-5-3-4-6-19-13;3-2(4,5)1(6)7/h3-6,8,14H,2,7,9-12H2,1H3;(H,6,7). The lowest BCUT2D eigenvalue weighted by atomic mass is 9.92. The molecule has 2 fully saturated rings. The minimum absolute atomic E-state index is 0.0298. The molecular weight excluding hydrogens is 451 g/mol. The Hall–Kier alpha value is -2.60. The van der Waals surface area contributed by atoms with Gasteiger partial charge in [-0.2, -0.15) is 13.2 Å². The Morgan fingerprint density at radius 1 is 1.38 bits per heavy atom. The number of amides is 1. The Morgan fingerprint density at radius 3 is 2.69 bits per heavy atom. The van der Waals surface area contributed by atoms with E-state index in [9.17, 15) is 18.0 Å². The third-order valence-corrected chi connectivity index (χ3v) is 6.63. The molecule has 1 atom stereocenters. The highest BCUT2D eigenvalue weighted by molar-refractivity contribution is 8.01. The lowest BCUT2D eigenvalue weighted by Gasteiger charge is -2.47. The van der Waals surface area contributed by atoms with Crippen molar-refractivity contribution < 1.29 is 37.1 Å². The van der Waals surface area contributed by atoms with E-state index in [0.717, 1.165) is 31.0 Å². The van der Waals surface area contributed by atoms with Crippen LogP contribution in [0, 0.1) is 0 Å². The molecule has 4 heterocycles. The summed E-state index contributed by atoms with van der Waals surface area (Å²) < 4.78 is 43.0. The van der Waals surface area contributed by atoms with Crippen molar-refractivity contribution in [3.63, 3.8) is 0 Å². The summed E-state index contributed by atoms with van der Waals surface area (Å²) in [6.07, 6.45) is 0.128. The molecule has 1 spiro atoms. The molecule has 2 saturated heterocycles. The summed E-state index contributed by atoms with van der Waals surface area (Å²) in [5, 5.41) is 10.9. The van der Waals surface area contributed by atoms with Gasteiger partial charge in [0.25, 0.3) is 5.91 Å². The van der Waals surface area contributed by atoms with E-state index < -0.39 is 12.1 Å². The molecule has 0 bridgehead atoms. The number of carbonyl (C=O) groups excluding carboxylic acids is 1. The Labute approximate surface area is 186 Å². The average Bonchev–Trinajstić information content (AvgIpc) is 3.38. The van der Waals surface area contributed by atoms with E-state index in [4.69, 9.17) is 19.2 Å². The summed E-state index contributed by atoms with van der Waals surface area (Å²) in [6, 6.07) is 5.86. The van der Waals surface area contributed by atoms with Crippen LogP contribution >= 0.6 is 11.8 Å². The number of aryl methyl sites for hydroxylation is 1. The predicted octanol–water partition coefficient (Wildman–Crippen LogP) is 3.18. The molecule has 2 aromatic heterocycles. The van der Waals surface area contributed by atoms with Gasteiger partial charge in [0.05, 0.1) is 29.3 Å². The number of hydrogen-bond acceptors (Lipinski definition) is 7. The Bertz CT molecular complexity index is 932. The summed E-state index contributed by atoms with van der Waals surface area (Å²) in [7, 11) is 0. The smallest absolute Gasteiger partial charge is 0.475 e. The van der Waals surface area contributed by atoms with Crippen molar-refractivity contribution in [2.45, 2.75) is 43.4 Å². The molecule has 2 aromatic rings. The van der Waals surface area contributed by atoms with Gasteiger partial charge in [-0.25, -0.2) is 4.79 Å². The van der Waals surface area contributed by atoms with Crippen LogP contribution in [0.3, 0.4) is 0 Å². The second kappa shape index (κ2) is 9.90. The molecule has 2 aliphatic rings. The highest BCUT2D eigenvalue weighted by atomic mass is 32.2. The normalized spacial score (nSPS) is 19.2. The SMILES string of the molecule is CCc1oncc1C(=O)N1CC2(CC(OCc3ccccn3)CS2)C1.O=C(O)C(F)(F)F. The monoisotopic (exact) mass is 473 g/mol. The highest BCUT2D eigenvalue weighted by Crippen LogP contribution is 2.46. The lowest BCUT2D eigenvalue weighted by Crippen LogP contribution is -2.60. The minimum Gasteiger partial charge on any atom is -0.475 e. The molecule has 0 saturated carbocycles. The largest absolute Gasteiger partial charge is 0.490 e. The topological polar surface area (TPSA) is 106 Å². The molecule has 174 valence electrons. The van der Waals surface area contributed by atoms with Crippen LogP contribution in [0.5, 0.6) is 0 Å². The number of likely N-dealkylation sites (tertiary alicyclic amines) is 1. The number of pyridine rings is 1. The number of rotatable bonds is 5. The summed E-state index contributed by atoms with van der Waals surface area (Å²) in [5.41, 5.74) is 1.56. The van der Waals surface area contributed by atoms with Crippen LogP contribution in [0.1, 0.15) is 35.2 Å². The second-order valence-corrected chi connectivity index (χ2v) is 8.92. The maximum Gasteiger partial charge on any atom is 0.490 e. The van der Waals surface area contributed by atoms with Gasteiger partial charge in [0.1, 0.15) is 11.3 Å². The number of alkyl halides is 3. The quantitative estimate of drug-likeness (QED) is 0.706. The maximum atomic E-state index is 12.6. The van der Waals surface area contributed by atoms with E-state index in [0.29, 0.717) is 24.4 Å². The Kier molecular flexibility index (Phi) is 7.44. The molecule has 1 N–H and O–H groups in total. The Balaban J connectivity index is 0.000000360. The molecule has 0 aromatic carbocycles. The number of nitrogens with zero attached hydrogens (tertiary/aromatic N) is 3. The van der Waals surface area contributed by atoms with Gasteiger partial charge in [0.2, 0.25) is 0 Å². The van der Waals surface area contributed by atoms with Crippen molar-refractivity contribution in [3.8, 4) is 0 Å². The van der Waals surface area contributed by atoms with E-state index in [2.05, 4.69) is 10.1 Å². The van der Waals surface area contributed by atoms with Crippen molar-refractivity contribution >= 4 is 23.6 Å². The van der Waals surface area contributed by atoms with Crippen molar-refractivity contribution in [2.75, 3.05) is 18.8 Å². The molecule has 0 aliphatic carbocycles. The third kappa shape index (κ3) is 5.80. The summed E-state index contributed by atoms with van der Waals surface area (Å²) in [5.74, 6) is -1.08. The number of ether oxygens (including phenoxy) is 1. The molecule has 2 aliphatic heterocycles. The zero-order chi connectivity index (χ0) is 23.4. The zero-order valence-corrected chi connectivity index (χ0v) is 18.0. The van der Waals surface area contributed by atoms with E-state index >= 15 is 0 Å². The molecular formula is C20H22F3N3O5S. The average molecular weight is 473 g/mol. The van der Waals surface area contributed by atoms with Gasteiger partial charge in [-0.1, -0.05) is 18.1 Å². The fraction of sp³-hybridized carbons (Fsp3) is 0.500. The third-order valence-electron chi connectivity index (χ3n) is 5.05. The first-order valence-electron chi connectivity index (χ1n) is 9.82. The molecule has 4 rings (SSSR count). The predicted molar refractivity (Wildman–Crippen MR) is 108 cm³/mol. The number of carboxylic acid groups (broad SMARTS) is 1. The van der Waals surface area contributed by atoms with Gasteiger partial charge < -0.3 is 19.3 Å². The van der Waals surface area contributed by atoms with Crippen molar-refractivity contribution in [1.29, 1.82) is 0 Å². The van der Waals surface area contributed by atoms with E-state index in [1.165, 1.54) is 6.20 Å². The van der Waals surface area contributed by atoms with Gasteiger partial charge in [0, 0.05) is 31.5 Å². The van der Waals surface area contributed by atoms with Crippen molar-refractivity contribution in [3.05, 3.63) is 47.6 Å². The fourth-order valence-corrected chi connectivity index (χ4v) is 5.02. The summed E-state index contributed by atoms with van der Waals surface area (Å²) in [6.45, 7) is 4.05. The molecule has 0 radical (unpaired) electrons. The van der Waals surface area contributed by atoms with Gasteiger partial charge in [-0.15, -0.1) is 11.8 Å². The summed E-state index contributed by atoms with van der Waals surface area (Å²) >= 11 is 1.92. The maximum absolute atomic E-state index is 12.6. The van der Waals surface area contributed by atoms with Crippen LogP contribution < -0.4 is 0 Å². The first kappa shape index (κ1) is 24.1. The number of halogens is 3. The van der Waals surface area contributed by atoms with E-state index in [1.807, 2.05) is 41.8 Å². The first-order valence-corrected chi connectivity index (χ1v) is 10.8. The van der Waals surface area contributed by atoms with Crippen LogP contribution in [-0.2, 0) is 22.6 Å². The molecule has 32 heavy (non-hydrogen) atoms. The Morgan fingerprint density at radius 2 is 2.09 bits per heavy atom. The van der Waals surface area contributed by atoms with Gasteiger partial charge >= 0.3 is 12.1 Å². The van der Waals surface area contributed by atoms with E-state index in [1.54, 1.807) is 6.20 Å². The van der Waals surface area contributed by atoms with Crippen molar-refractivity contribution in [1.82, 2.24) is 15.0 Å². The number of hydrogen-bond donors (Lipinski definition) is 1. The number of carboxylic acids is 1. The molecule has 1 unspecified atom stereocenters. The molecule has 1 amide bonds. The number of aromatic nitrogens is 2. The zero-order valence-electron chi connectivity index (χ0n) is 17.2. The van der Waals surface area contributed by atoms with Crippen molar-refractivity contribution in [2.24, 2.45) is 0 Å². The van der Waals surface area contributed by atoms with Crippen LogP contribution in [0.2, 0.25) is 0 Å². The first-order chi connectivity index (χ1) is 15.1. The second-order valence-electron chi connectivity index (χ2n) is 7.43. The van der Waals surface area contributed by atoms with E-state index in [-0.39, 0.29) is 16.8 Å². The van der Waals surface area contributed by atoms with Gasteiger partial charge in [0.15, 0.2) is 0 Å². The number of carbonyl (C=O) groups is 2. The van der Waals surface area contributed by atoms with Crippen LogP contribution in [0.25, 0.3) is 0 Å². The fourth-order valence-electron chi connectivity index (χ4n) is 3.47. The van der Waals surface area contributed by atoms with Crippen LogP contribution in [0.4, 0.5) is 13.2 Å². The van der Waals surface area contributed by atoms with Gasteiger partial charge in [-0.05, 0) is 18.6 Å². The molecule has 12 heteroatoms. The number of thioether (sulfide) groups is 1.